The van der Waals surface area contributed by atoms with E-state index in [1.807, 2.05) is 13.8 Å². The fraction of sp³-hybridized carbons (Fsp3) is 0.250. The van der Waals surface area contributed by atoms with Crippen LogP contribution in [0, 0.1) is 6.92 Å². The van der Waals surface area contributed by atoms with E-state index in [2.05, 4.69) is 11.9 Å². The van der Waals surface area contributed by atoms with Gasteiger partial charge in [-0.3, -0.25) is 4.79 Å². The minimum absolute atomic E-state index is 0.184. The van der Waals surface area contributed by atoms with Crippen molar-refractivity contribution in [3.05, 3.63) is 77.9 Å². The van der Waals surface area contributed by atoms with Gasteiger partial charge in [0.25, 0.3) is 5.91 Å². The van der Waals surface area contributed by atoms with Gasteiger partial charge in [-0.2, -0.15) is 4.31 Å². The van der Waals surface area contributed by atoms with Crippen LogP contribution < -0.4 is 5.32 Å². The smallest absolute Gasteiger partial charge is 0.251 e. The summed E-state index contributed by atoms with van der Waals surface area (Å²) < 4.78 is 27.1. The molecule has 0 aliphatic carbocycles. The summed E-state index contributed by atoms with van der Waals surface area (Å²) in [6.45, 7) is 8.30. The van der Waals surface area contributed by atoms with Crippen molar-refractivity contribution in [3.63, 3.8) is 0 Å². The van der Waals surface area contributed by atoms with Crippen LogP contribution in [0.25, 0.3) is 0 Å². The van der Waals surface area contributed by atoms with Crippen LogP contribution in [0.2, 0.25) is 0 Å². The highest BCUT2D eigenvalue weighted by atomic mass is 32.2. The first-order valence-electron chi connectivity index (χ1n) is 8.43. The summed E-state index contributed by atoms with van der Waals surface area (Å²) in [5.74, 6) is -0.184. The first kappa shape index (κ1) is 19.9. The molecule has 2 rings (SSSR count). The second kappa shape index (κ2) is 8.78. The van der Waals surface area contributed by atoms with Crippen molar-refractivity contribution >= 4 is 15.9 Å². The average molecular weight is 372 g/mol. The number of nitrogens with zero attached hydrogens (tertiary/aromatic N) is 1. The van der Waals surface area contributed by atoms with Gasteiger partial charge in [-0.15, -0.1) is 6.58 Å². The van der Waals surface area contributed by atoms with Crippen molar-refractivity contribution in [2.24, 2.45) is 0 Å². The number of hydrogen-bond acceptors (Lipinski definition) is 3. The normalized spacial score (nSPS) is 11.3. The maximum absolute atomic E-state index is 12.8. The molecule has 0 fully saturated rings. The summed E-state index contributed by atoms with van der Waals surface area (Å²) in [7, 11) is -3.56. The Kier molecular flexibility index (Phi) is 6.71. The lowest BCUT2D eigenvalue weighted by Gasteiger charge is -2.21. The maximum atomic E-state index is 12.8. The van der Waals surface area contributed by atoms with E-state index in [1.165, 1.54) is 4.31 Å². The Hall–Kier alpha value is -2.44. The molecule has 1 amide bonds. The van der Waals surface area contributed by atoms with Gasteiger partial charge in [0.05, 0.1) is 4.90 Å². The van der Waals surface area contributed by atoms with Crippen LogP contribution in [0.1, 0.15) is 28.4 Å². The number of aryl methyl sites for hydroxylation is 1. The summed E-state index contributed by atoms with van der Waals surface area (Å²) in [4.78, 5) is 12.2. The van der Waals surface area contributed by atoms with Gasteiger partial charge >= 0.3 is 0 Å². The van der Waals surface area contributed by atoms with Gasteiger partial charge in [0.1, 0.15) is 0 Å². The number of amides is 1. The van der Waals surface area contributed by atoms with Crippen LogP contribution in [-0.2, 0) is 16.6 Å². The molecule has 0 saturated heterocycles. The van der Waals surface area contributed by atoms with Crippen molar-refractivity contribution in [3.8, 4) is 0 Å². The molecule has 0 spiro atoms. The molecule has 2 aromatic carbocycles. The maximum Gasteiger partial charge on any atom is 0.251 e. The second-order valence-electron chi connectivity index (χ2n) is 5.94. The van der Waals surface area contributed by atoms with E-state index in [0.29, 0.717) is 18.7 Å². The number of benzene rings is 2. The van der Waals surface area contributed by atoms with Gasteiger partial charge < -0.3 is 5.32 Å². The SMILES string of the molecule is C=CCNC(=O)c1ccc(CN(CC)S(=O)(=O)c2ccc(C)cc2)cc1. The number of sulfonamides is 1. The molecule has 0 aromatic heterocycles. The molecule has 0 aliphatic rings. The van der Waals surface area contributed by atoms with Crippen molar-refractivity contribution < 1.29 is 13.2 Å². The molecule has 138 valence electrons. The number of hydrogen-bond donors (Lipinski definition) is 1. The lowest BCUT2D eigenvalue weighted by atomic mass is 10.1. The molecule has 1 N–H and O–H groups in total. The fourth-order valence-corrected chi connectivity index (χ4v) is 3.90. The second-order valence-corrected chi connectivity index (χ2v) is 7.88. The van der Waals surface area contributed by atoms with Gasteiger partial charge in [0.2, 0.25) is 10.0 Å². The molecule has 6 heteroatoms. The van der Waals surface area contributed by atoms with Crippen LogP contribution in [0.3, 0.4) is 0 Å². The highest BCUT2D eigenvalue weighted by Crippen LogP contribution is 2.19. The first-order chi connectivity index (χ1) is 12.4. The van der Waals surface area contributed by atoms with E-state index in [1.54, 1.807) is 54.6 Å². The minimum Gasteiger partial charge on any atom is -0.349 e. The van der Waals surface area contributed by atoms with Crippen LogP contribution in [0.4, 0.5) is 0 Å². The summed E-state index contributed by atoms with van der Waals surface area (Å²) >= 11 is 0. The van der Waals surface area contributed by atoms with Crippen LogP contribution >= 0.6 is 0 Å². The molecule has 0 saturated carbocycles. The molecule has 0 bridgehead atoms. The molecule has 0 atom stereocenters. The lowest BCUT2D eigenvalue weighted by Crippen LogP contribution is -2.30. The molecule has 0 radical (unpaired) electrons. The van der Waals surface area contributed by atoms with E-state index >= 15 is 0 Å². The van der Waals surface area contributed by atoms with E-state index in [0.717, 1.165) is 11.1 Å². The number of carbonyl (C=O) groups is 1. The highest BCUT2D eigenvalue weighted by molar-refractivity contribution is 7.89. The zero-order valence-electron chi connectivity index (χ0n) is 15.1. The standard InChI is InChI=1S/C20H24N2O3S/c1-4-14-21-20(23)18-10-8-17(9-11-18)15-22(5-2)26(24,25)19-12-6-16(3)7-13-19/h4,6-13H,1,5,14-15H2,2-3H3,(H,21,23). The van der Waals surface area contributed by atoms with Crippen LogP contribution in [0.5, 0.6) is 0 Å². The third-order valence-corrected chi connectivity index (χ3v) is 5.93. The molecule has 5 nitrogen and oxygen atoms in total. The Bertz CT molecular complexity index is 857. The van der Waals surface area contributed by atoms with Gasteiger partial charge in [-0.25, -0.2) is 8.42 Å². The summed E-state index contributed by atoms with van der Waals surface area (Å²) in [6.07, 6.45) is 1.61. The quantitative estimate of drug-likeness (QED) is 0.724. The van der Waals surface area contributed by atoms with Crippen LogP contribution in [-0.4, -0.2) is 31.7 Å². The summed E-state index contributed by atoms with van der Waals surface area (Å²) in [5.41, 5.74) is 2.36. The zero-order valence-corrected chi connectivity index (χ0v) is 15.9. The van der Waals surface area contributed by atoms with Crippen molar-refractivity contribution in [2.75, 3.05) is 13.1 Å². The largest absolute Gasteiger partial charge is 0.349 e. The Morgan fingerprint density at radius 1 is 1.12 bits per heavy atom. The lowest BCUT2D eigenvalue weighted by molar-refractivity contribution is 0.0958. The van der Waals surface area contributed by atoms with E-state index in [-0.39, 0.29) is 17.3 Å². The topological polar surface area (TPSA) is 66.5 Å². The Morgan fingerprint density at radius 3 is 2.27 bits per heavy atom. The molecule has 0 unspecified atom stereocenters. The molecular formula is C20H24N2O3S. The third-order valence-electron chi connectivity index (χ3n) is 3.99. The average Bonchev–Trinajstić information content (AvgIpc) is 2.64. The fourth-order valence-electron chi connectivity index (χ4n) is 2.46. The number of rotatable bonds is 8. The summed E-state index contributed by atoms with van der Waals surface area (Å²) in [5, 5.41) is 2.71. The zero-order chi connectivity index (χ0) is 19.2. The molecular weight excluding hydrogens is 348 g/mol. The molecule has 0 aliphatic heterocycles. The van der Waals surface area contributed by atoms with E-state index < -0.39 is 10.0 Å². The summed E-state index contributed by atoms with van der Waals surface area (Å²) in [6, 6.07) is 13.8. The third kappa shape index (κ3) is 4.80. The monoisotopic (exact) mass is 372 g/mol. The highest BCUT2D eigenvalue weighted by Gasteiger charge is 2.23. The van der Waals surface area contributed by atoms with Gasteiger partial charge in [-0.1, -0.05) is 42.8 Å². The van der Waals surface area contributed by atoms with Gasteiger partial charge in [0.15, 0.2) is 0 Å². The van der Waals surface area contributed by atoms with E-state index in [4.69, 9.17) is 0 Å². The number of nitrogens with one attached hydrogen (secondary N) is 1. The number of carbonyl (C=O) groups excluding carboxylic acids is 1. The van der Waals surface area contributed by atoms with Crippen molar-refractivity contribution in [2.45, 2.75) is 25.3 Å². The van der Waals surface area contributed by atoms with Gasteiger partial charge in [0, 0.05) is 25.2 Å². The van der Waals surface area contributed by atoms with Gasteiger partial charge in [-0.05, 0) is 36.8 Å². The predicted molar refractivity (Wildman–Crippen MR) is 103 cm³/mol. The molecule has 2 aromatic rings. The van der Waals surface area contributed by atoms with Crippen molar-refractivity contribution in [1.29, 1.82) is 0 Å². The Morgan fingerprint density at radius 2 is 1.73 bits per heavy atom. The Balaban J connectivity index is 2.15. The first-order valence-corrected chi connectivity index (χ1v) is 9.87. The Labute approximate surface area is 155 Å². The van der Waals surface area contributed by atoms with Crippen LogP contribution in [0.15, 0.2) is 66.1 Å². The van der Waals surface area contributed by atoms with E-state index in [9.17, 15) is 13.2 Å². The minimum atomic E-state index is -3.56. The van der Waals surface area contributed by atoms with Crippen molar-refractivity contribution in [1.82, 2.24) is 9.62 Å². The predicted octanol–water partition coefficient (Wildman–Crippen LogP) is 3.12. The molecule has 0 heterocycles. The molecule has 26 heavy (non-hydrogen) atoms.